The normalized spacial score (nSPS) is 9.21. The summed E-state index contributed by atoms with van der Waals surface area (Å²) in [5, 5.41) is 0. The van der Waals surface area contributed by atoms with E-state index in [1.54, 1.807) is 0 Å². The van der Waals surface area contributed by atoms with Crippen LogP contribution in [0.2, 0.25) is 0 Å². The van der Waals surface area contributed by atoms with E-state index in [0.29, 0.717) is 0 Å². The molecule has 0 aliphatic heterocycles. The molecule has 0 unspecified atom stereocenters. The zero-order valence-electron chi connectivity index (χ0n) is 8.87. The quantitative estimate of drug-likeness (QED) is 0.471. The summed E-state index contributed by atoms with van der Waals surface area (Å²) >= 11 is 0. The molecule has 0 nitrogen and oxygen atoms in total. The van der Waals surface area contributed by atoms with E-state index in [2.05, 4.69) is 30.9 Å². The van der Waals surface area contributed by atoms with Crippen LogP contribution in [-0.4, -0.2) is 0 Å². The predicted molar refractivity (Wildman–Crippen MR) is 63.1 cm³/mol. The third-order valence-electron chi connectivity index (χ3n) is 2.12. The van der Waals surface area contributed by atoms with Crippen LogP contribution >= 0.6 is 0 Å². The summed E-state index contributed by atoms with van der Waals surface area (Å²) in [7, 11) is 0. The molecule has 74 valence electrons. The molecule has 0 N–H and O–H groups in total. The van der Waals surface area contributed by atoms with Crippen molar-refractivity contribution < 1.29 is 0 Å². The van der Waals surface area contributed by atoms with Gasteiger partial charge >= 0.3 is 0 Å². The van der Waals surface area contributed by atoms with Crippen LogP contribution in [0.3, 0.4) is 0 Å². The zero-order valence-corrected chi connectivity index (χ0v) is 8.87. The summed E-state index contributed by atoms with van der Waals surface area (Å²) in [5.41, 5.74) is 4.43. The Morgan fingerprint density at radius 2 is 1.93 bits per heavy atom. The first-order valence-electron chi connectivity index (χ1n) is 5.39. The van der Waals surface area contributed by atoms with Crippen LogP contribution in [0.4, 0.5) is 0 Å². The van der Waals surface area contributed by atoms with Crippen molar-refractivity contribution in [1.29, 1.82) is 0 Å². The molecule has 1 rings (SSSR count). The number of hydrogen-bond donors (Lipinski definition) is 0. The molecular formula is C14H18. The highest BCUT2D eigenvalue weighted by atomic mass is 13.9. The van der Waals surface area contributed by atoms with Gasteiger partial charge in [-0.25, -0.2) is 0 Å². The van der Waals surface area contributed by atoms with E-state index < -0.39 is 0 Å². The van der Waals surface area contributed by atoms with Crippen molar-refractivity contribution in [1.82, 2.24) is 0 Å². The fraction of sp³-hybridized carbons (Fsp3) is 0.357. The molecule has 0 fully saturated rings. The lowest BCUT2D eigenvalue weighted by Crippen LogP contribution is -1.69. The second kappa shape index (κ2) is 7.17. The summed E-state index contributed by atoms with van der Waals surface area (Å²) in [6, 6.07) is 10.3. The lowest BCUT2D eigenvalue weighted by molar-refractivity contribution is 0.729. The number of benzene rings is 1. The monoisotopic (exact) mass is 186 g/mol. The van der Waals surface area contributed by atoms with Gasteiger partial charge in [-0.1, -0.05) is 50.1 Å². The van der Waals surface area contributed by atoms with Crippen LogP contribution in [0.1, 0.15) is 38.2 Å². The fourth-order valence-corrected chi connectivity index (χ4v) is 1.28. The molecule has 1 aromatic rings. The van der Waals surface area contributed by atoms with Gasteiger partial charge in [0, 0.05) is 0 Å². The molecule has 0 heterocycles. The maximum absolute atomic E-state index is 3.21. The largest absolute Gasteiger partial charge is 0.125 e. The minimum absolute atomic E-state index is 1.15. The first kappa shape index (κ1) is 10.8. The van der Waals surface area contributed by atoms with Gasteiger partial charge in [0.05, 0.1) is 0 Å². The topological polar surface area (TPSA) is 0 Å². The third-order valence-corrected chi connectivity index (χ3v) is 2.12. The number of unbranched alkanes of at least 4 members (excludes halogenated alkanes) is 3. The second-order valence-corrected chi connectivity index (χ2v) is 3.42. The molecule has 0 saturated heterocycles. The van der Waals surface area contributed by atoms with Crippen LogP contribution in [0.25, 0.3) is 6.08 Å². The van der Waals surface area contributed by atoms with Crippen LogP contribution < -0.4 is 0 Å². The summed E-state index contributed by atoms with van der Waals surface area (Å²) in [6.45, 7) is 2.23. The van der Waals surface area contributed by atoms with Gasteiger partial charge < -0.3 is 0 Å². The van der Waals surface area contributed by atoms with E-state index >= 15 is 0 Å². The van der Waals surface area contributed by atoms with Gasteiger partial charge in [0.1, 0.15) is 0 Å². The van der Waals surface area contributed by atoms with Gasteiger partial charge in [-0.2, -0.15) is 0 Å². The molecule has 14 heavy (non-hydrogen) atoms. The number of hydrogen-bond acceptors (Lipinski definition) is 0. The number of allylic oxidation sites excluding steroid dienone is 1. The van der Waals surface area contributed by atoms with Crippen LogP contribution in [0.5, 0.6) is 0 Å². The Labute approximate surface area is 87.0 Å². The highest BCUT2D eigenvalue weighted by Gasteiger charge is 1.81. The van der Waals surface area contributed by atoms with E-state index in [1.165, 1.54) is 24.8 Å². The van der Waals surface area contributed by atoms with Gasteiger partial charge in [0.25, 0.3) is 0 Å². The van der Waals surface area contributed by atoms with Crippen LogP contribution in [0.15, 0.2) is 42.1 Å². The van der Waals surface area contributed by atoms with Gasteiger partial charge in [-0.05, 0) is 30.6 Å². The third kappa shape index (κ3) is 4.69. The molecule has 0 aromatic heterocycles. The maximum Gasteiger partial charge on any atom is -0.0131 e. The molecule has 0 atom stereocenters. The van der Waals surface area contributed by atoms with E-state index in [-0.39, 0.29) is 0 Å². The van der Waals surface area contributed by atoms with Gasteiger partial charge in [0.2, 0.25) is 0 Å². The summed E-state index contributed by atoms with van der Waals surface area (Å²) in [5.74, 6) is 0. The molecular weight excluding hydrogens is 168 g/mol. The molecule has 0 heteroatoms. The summed E-state index contributed by atoms with van der Waals surface area (Å²) in [4.78, 5) is 0. The van der Waals surface area contributed by atoms with Crippen molar-refractivity contribution in [3.05, 3.63) is 47.7 Å². The smallest absolute Gasteiger partial charge is 0.0131 e. The van der Waals surface area contributed by atoms with Crippen molar-refractivity contribution >= 4 is 6.08 Å². The van der Waals surface area contributed by atoms with Crippen LogP contribution in [0, 0.1) is 0 Å². The Hall–Kier alpha value is -1.26. The van der Waals surface area contributed by atoms with Gasteiger partial charge in [-0.3, -0.25) is 0 Å². The van der Waals surface area contributed by atoms with Crippen molar-refractivity contribution in [2.75, 3.05) is 0 Å². The molecule has 0 amide bonds. The molecule has 0 radical (unpaired) electrons. The first-order valence-corrected chi connectivity index (χ1v) is 5.39. The molecule has 0 aliphatic rings. The molecule has 0 bridgehead atoms. The Balaban J connectivity index is 2.33. The Morgan fingerprint density at radius 1 is 1.14 bits per heavy atom. The highest BCUT2D eigenvalue weighted by Crippen LogP contribution is 2.01. The zero-order chi connectivity index (χ0) is 10.1. The van der Waals surface area contributed by atoms with Crippen molar-refractivity contribution in [3.8, 4) is 0 Å². The van der Waals surface area contributed by atoms with E-state index in [0.717, 1.165) is 6.42 Å². The molecule has 0 spiro atoms. The van der Waals surface area contributed by atoms with Crippen molar-refractivity contribution in [2.45, 2.75) is 32.6 Å². The predicted octanol–water partition coefficient (Wildman–Crippen LogP) is 4.44. The SMILES string of the molecule is CCCCCC=C=Cc1ccccc1. The first-order chi connectivity index (χ1) is 6.93. The standard InChI is InChI=1S/C14H18/c1-2-3-4-5-6-8-11-14-12-9-7-10-13-14/h6-7,9-13H,2-5H2,1H3. The highest BCUT2D eigenvalue weighted by molar-refractivity contribution is 5.47. The Kier molecular flexibility index (Phi) is 5.54. The Bertz CT molecular complexity index is 289. The van der Waals surface area contributed by atoms with Gasteiger partial charge in [-0.15, -0.1) is 5.73 Å². The minimum Gasteiger partial charge on any atom is -0.125 e. The van der Waals surface area contributed by atoms with E-state index in [1.807, 2.05) is 24.3 Å². The molecule has 1 aromatic carbocycles. The summed E-state index contributed by atoms with van der Waals surface area (Å²) in [6.07, 6.45) is 9.21. The van der Waals surface area contributed by atoms with Crippen molar-refractivity contribution in [3.63, 3.8) is 0 Å². The fourth-order valence-electron chi connectivity index (χ4n) is 1.28. The molecule has 0 aliphatic carbocycles. The second-order valence-electron chi connectivity index (χ2n) is 3.42. The Morgan fingerprint density at radius 3 is 2.64 bits per heavy atom. The van der Waals surface area contributed by atoms with E-state index in [4.69, 9.17) is 0 Å². The lowest BCUT2D eigenvalue weighted by atomic mass is 10.2. The van der Waals surface area contributed by atoms with E-state index in [9.17, 15) is 0 Å². The van der Waals surface area contributed by atoms with Gasteiger partial charge in [0.15, 0.2) is 0 Å². The van der Waals surface area contributed by atoms with Crippen LogP contribution in [-0.2, 0) is 0 Å². The van der Waals surface area contributed by atoms with Crippen molar-refractivity contribution in [2.24, 2.45) is 0 Å². The molecule has 0 saturated carbocycles. The minimum atomic E-state index is 1.15. The average molecular weight is 186 g/mol. The lowest BCUT2D eigenvalue weighted by Gasteiger charge is -1.89. The average Bonchev–Trinajstić information content (AvgIpc) is 2.25. The maximum atomic E-state index is 3.21. The summed E-state index contributed by atoms with van der Waals surface area (Å²) < 4.78 is 0. The number of rotatable bonds is 5.